The first-order chi connectivity index (χ1) is 9.61. The Balaban J connectivity index is 2.16. The maximum Gasteiger partial charge on any atom is 0.142 e. The van der Waals surface area contributed by atoms with Crippen LogP contribution in [0.25, 0.3) is 5.03 Å². The quantitative estimate of drug-likeness (QED) is 0.586. The van der Waals surface area contributed by atoms with E-state index in [0.717, 1.165) is 35.2 Å². The Kier molecular flexibility index (Phi) is 5.63. The summed E-state index contributed by atoms with van der Waals surface area (Å²) in [5.41, 5.74) is 2.18. The fraction of sp³-hybridized carbons (Fsp3) is 0.533. The second-order valence-corrected chi connectivity index (χ2v) is 9.42. The van der Waals surface area contributed by atoms with Crippen LogP contribution in [0.1, 0.15) is 19.8 Å². The van der Waals surface area contributed by atoms with Crippen molar-refractivity contribution in [3.05, 3.63) is 34.7 Å². The van der Waals surface area contributed by atoms with Crippen molar-refractivity contribution in [2.75, 3.05) is 6.61 Å². The van der Waals surface area contributed by atoms with E-state index in [1.165, 1.54) is 11.6 Å². The largest absolute Gasteiger partial charge is 0.361 e. The third-order valence-corrected chi connectivity index (χ3v) is 5.23. The summed E-state index contributed by atoms with van der Waals surface area (Å²) in [5.74, 6) is 0. The predicted molar refractivity (Wildman–Crippen MR) is 87.1 cm³/mol. The number of fused-ring (bicyclic) bond motifs is 1. The molecular weight excluding hydrogens is 288 g/mol. The number of rotatable bonds is 6. The lowest BCUT2D eigenvalue weighted by molar-refractivity contribution is 0.0852. The fourth-order valence-corrected chi connectivity index (χ4v) is 3.07. The van der Waals surface area contributed by atoms with Crippen molar-refractivity contribution < 1.29 is 4.74 Å². The third-order valence-electron chi connectivity index (χ3n) is 3.50. The van der Waals surface area contributed by atoms with Gasteiger partial charge in [0.25, 0.3) is 0 Å². The van der Waals surface area contributed by atoms with E-state index >= 15 is 0 Å². The standard InChI is InChI=1S/C15H23ClN2OSi/c1-4-12-9-14(16)13-5-6-18(15(13)17-10-12)11-19-7-8-20(2)3/h5-6,10,20H,4,7-9,11H2,1-3H3. The van der Waals surface area contributed by atoms with Crippen LogP contribution in [0.3, 0.4) is 0 Å². The van der Waals surface area contributed by atoms with E-state index in [9.17, 15) is 0 Å². The number of allylic oxidation sites excluding steroid dienone is 1. The normalized spacial score (nSPS) is 14.8. The van der Waals surface area contributed by atoms with Gasteiger partial charge in [-0.3, -0.25) is 0 Å². The van der Waals surface area contributed by atoms with Crippen molar-refractivity contribution >= 4 is 25.4 Å². The van der Waals surface area contributed by atoms with Crippen LogP contribution in [0.4, 0.5) is 0 Å². The van der Waals surface area contributed by atoms with Crippen molar-refractivity contribution in [2.45, 2.75) is 45.6 Å². The number of hydrogen-bond acceptors (Lipinski definition) is 2. The van der Waals surface area contributed by atoms with E-state index in [1.807, 2.05) is 23.0 Å². The van der Waals surface area contributed by atoms with Gasteiger partial charge in [-0.2, -0.15) is 0 Å². The molecule has 0 spiro atoms. The maximum absolute atomic E-state index is 6.41. The molecule has 1 aliphatic rings. The van der Waals surface area contributed by atoms with Gasteiger partial charge in [0.15, 0.2) is 0 Å². The average Bonchev–Trinajstić information content (AvgIpc) is 2.74. The smallest absolute Gasteiger partial charge is 0.142 e. The van der Waals surface area contributed by atoms with Crippen LogP contribution in [-0.2, 0) is 11.5 Å². The zero-order chi connectivity index (χ0) is 14.5. The van der Waals surface area contributed by atoms with Gasteiger partial charge in [0.05, 0.1) is 0 Å². The SMILES string of the molecule is CCC1=CN=c2c(ccn2COCC[SiH](C)C)=C(Cl)C1. The molecule has 110 valence electrons. The summed E-state index contributed by atoms with van der Waals surface area (Å²) in [6, 6.07) is 3.25. The first kappa shape index (κ1) is 15.5. The summed E-state index contributed by atoms with van der Waals surface area (Å²) >= 11 is 6.41. The molecule has 20 heavy (non-hydrogen) atoms. The Morgan fingerprint density at radius 2 is 2.25 bits per heavy atom. The lowest BCUT2D eigenvalue weighted by Crippen LogP contribution is -2.30. The Hall–Kier alpha value is -0.843. The van der Waals surface area contributed by atoms with Crippen LogP contribution in [0.2, 0.25) is 19.1 Å². The Morgan fingerprint density at radius 1 is 1.45 bits per heavy atom. The Labute approximate surface area is 127 Å². The van der Waals surface area contributed by atoms with Crippen molar-refractivity contribution in [2.24, 2.45) is 4.99 Å². The van der Waals surface area contributed by atoms with Crippen LogP contribution in [0.15, 0.2) is 29.0 Å². The molecule has 1 aromatic heterocycles. The van der Waals surface area contributed by atoms with Crippen LogP contribution in [0.5, 0.6) is 0 Å². The van der Waals surface area contributed by atoms with Gasteiger partial charge in [-0.25, -0.2) is 4.99 Å². The first-order valence-corrected chi connectivity index (χ1v) is 10.8. The van der Waals surface area contributed by atoms with E-state index in [4.69, 9.17) is 16.3 Å². The highest BCUT2D eigenvalue weighted by Crippen LogP contribution is 2.18. The van der Waals surface area contributed by atoms with Gasteiger partial charge in [0.2, 0.25) is 0 Å². The molecular formula is C15H23ClN2OSi. The lowest BCUT2D eigenvalue weighted by atomic mass is 10.1. The first-order valence-electron chi connectivity index (χ1n) is 7.29. The molecule has 5 heteroatoms. The van der Waals surface area contributed by atoms with Crippen molar-refractivity contribution in [3.63, 3.8) is 0 Å². The molecule has 0 aliphatic carbocycles. The number of ether oxygens (including phenoxy) is 1. The van der Waals surface area contributed by atoms with Gasteiger partial charge < -0.3 is 9.30 Å². The van der Waals surface area contributed by atoms with Crippen LogP contribution >= 0.6 is 11.6 Å². The minimum atomic E-state index is -0.528. The van der Waals surface area contributed by atoms with Gasteiger partial charge in [-0.1, -0.05) is 31.6 Å². The molecule has 1 aromatic rings. The topological polar surface area (TPSA) is 26.5 Å². The maximum atomic E-state index is 6.41. The number of halogens is 1. The zero-order valence-electron chi connectivity index (χ0n) is 12.5. The second kappa shape index (κ2) is 7.25. The second-order valence-electron chi connectivity index (χ2n) is 5.59. The molecule has 0 saturated carbocycles. The van der Waals surface area contributed by atoms with E-state index in [1.54, 1.807) is 0 Å². The summed E-state index contributed by atoms with van der Waals surface area (Å²) in [4.78, 5) is 4.59. The molecule has 0 aromatic carbocycles. The van der Waals surface area contributed by atoms with E-state index < -0.39 is 8.80 Å². The predicted octanol–water partition coefficient (Wildman–Crippen LogP) is 2.61. The average molecular weight is 311 g/mol. The minimum absolute atomic E-state index is 0.528. The number of hydrogen-bond donors (Lipinski definition) is 0. The molecule has 1 aliphatic heterocycles. The van der Waals surface area contributed by atoms with Gasteiger partial charge in [0, 0.05) is 44.5 Å². The summed E-state index contributed by atoms with van der Waals surface area (Å²) in [7, 11) is -0.528. The van der Waals surface area contributed by atoms with Crippen LogP contribution in [-0.4, -0.2) is 20.0 Å². The highest BCUT2D eigenvalue weighted by Gasteiger charge is 2.08. The molecule has 0 atom stereocenters. The number of nitrogens with zero attached hydrogens (tertiary/aromatic N) is 2. The molecule has 0 fully saturated rings. The fourth-order valence-electron chi connectivity index (χ4n) is 2.11. The number of aromatic nitrogens is 1. The van der Waals surface area contributed by atoms with Gasteiger partial charge >= 0.3 is 0 Å². The third kappa shape index (κ3) is 3.84. The summed E-state index contributed by atoms with van der Waals surface area (Å²) in [6.07, 6.45) is 5.75. The van der Waals surface area contributed by atoms with E-state index in [2.05, 4.69) is 25.0 Å². The summed E-state index contributed by atoms with van der Waals surface area (Å²) < 4.78 is 7.79. The van der Waals surface area contributed by atoms with Gasteiger partial charge in [-0.05, 0) is 24.1 Å². The summed E-state index contributed by atoms with van der Waals surface area (Å²) in [5, 5.41) is 1.91. The van der Waals surface area contributed by atoms with Crippen molar-refractivity contribution in [1.29, 1.82) is 0 Å². The van der Waals surface area contributed by atoms with Crippen molar-refractivity contribution in [3.8, 4) is 0 Å². The van der Waals surface area contributed by atoms with Crippen molar-refractivity contribution in [1.82, 2.24) is 4.57 Å². The Morgan fingerprint density at radius 3 is 2.95 bits per heavy atom. The zero-order valence-corrected chi connectivity index (χ0v) is 14.4. The molecule has 0 saturated heterocycles. The van der Waals surface area contributed by atoms with Crippen LogP contribution < -0.4 is 10.7 Å². The van der Waals surface area contributed by atoms with Gasteiger partial charge in [-0.15, -0.1) is 0 Å². The van der Waals surface area contributed by atoms with E-state index in [-0.39, 0.29) is 0 Å². The van der Waals surface area contributed by atoms with Crippen LogP contribution in [0, 0.1) is 0 Å². The molecule has 2 rings (SSSR count). The molecule has 0 radical (unpaired) electrons. The highest BCUT2D eigenvalue weighted by molar-refractivity contribution is 6.55. The van der Waals surface area contributed by atoms with Gasteiger partial charge in [0.1, 0.15) is 12.2 Å². The minimum Gasteiger partial charge on any atom is -0.361 e. The molecule has 2 heterocycles. The molecule has 0 unspecified atom stereocenters. The highest BCUT2D eigenvalue weighted by atomic mass is 35.5. The van der Waals surface area contributed by atoms with E-state index in [0.29, 0.717) is 6.73 Å². The molecule has 0 bridgehead atoms. The monoisotopic (exact) mass is 310 g/mol. The Bertz CT molecular complexity index is 604. The molecule has 0 N–H and O–H groups in total. The summed E-state index contributed by atoms with van der Waals surface area (Å²) in [6.45, 7) is 8.20. The molecule has 0 amide bonds. The molecule has 3 nitrogen and oxygen atoms in total. The lowest BCUT2D eigenvalue weighted by Gasteiger charge is -2.06.